The van der Waals surface area contributed by atoms with Crippen LogP contribution in [0.4, 0.5) is 0 Å². The number of rotatable bonds is 6. The van der Waals surface area contributed by atoms with E-state index in [1.807, 2.05) is 36.4 Å². The SMILES string of the molecule is O=C(N[C@H](CN1CCCC1)c1ccccc1)C1(c2ccc3ncoc3c2)CC1.S. The van der Waals surface area contributed by atoms with E-state index in [4.69, 9.17) is 4.42 Å². The molecule has 1 saturated carbocycles. The molecule has 2 aromatic carbocycles. The van der Waals surface area contributed by atoms with Crippen LogP contribution in [0.1, 0.15) is 42.9 Å². The van der Waals surface area contributed by atoms with Crippen LogP contribution in [0.5, 0.6) is 0 Å². The van der Waals surface area contributed by atoms with Gasteiger partial charge in [0.1, 0.15) is 5.52 Å². The number of hydrogen-bond donors (Lipinski definition) is 1. The van der Waals surface area contributed by atoms with Crippen LogP contribution in [-0.4, -0.2) is 35.4 Å². The number of hydrogen-bond acceptors (Lipinski definition) is 4. The second kappa shape index (κ2) is 8.20. The molecular formula is C23H27N3O2S. The minimum Gasteiger partial charge on any atom is -0.443 e. The number of fused-ring (bicyclic) bond motifs is 1. The second-order valence-electron chi connectivity index (χ2n) is 8.06. The third-order valence-corrected chi connectivity index (χ3v) is 6.22. The molecule has 0 radical (unpaired) electrons. The average molecular weight is 410 g/mol. The Bertz CT molecular complexity index is 978. The first-order valence-corrected chi connectivity index (χ1v) is 10.2. The Kier molecular flexibility index (Phi) is 5.65. The van der Waals surface area contributed by atoms with E-state index in [1.165, 1.54) is 24.8 Å². The summed E-state index contributed by atoms with van der Waals surface area (Å²) in [7, 11) is 0. The highest BCUT2D eigenvalue weighted by molar-refractivity contribution is 7.59. The molecule has 6 heteroatoms. The van der Waals surface area contributed by atoms with Gasteiger partial charge in [0, 0.05) is 6.54 Å². The Morgan fingerprint density at radius 1 is 1.14 bits per heavy atom. The van der Waals surface area contributed by atoms with Crippen LogP contribution in [0.2, 0.25) is 0 Å². The molecule has 1 saturated heterocycles. The highest BCUT2D eigenvalue weighted by Gasteiger charge is 2.52. The van der Waals surface area contributed by atoms with Gasteiger partial charge in [-0.3, -0.25) is 4.79 Å². The van der Waals surface area contributed by atoms with Crippen LogP contribution < -0.4 is 5.32 Å². The first kappa shape index (κ1) is 20.0. The molecule has 1 N–H and O–H groups in total. The molecule has 1 amide bonds. The molecule has 1 atom stereocenters. The molecule has 0 bridgehead atoms. The fraction of sp³-hybridized carbons (Fsp3) is 0.391. The molecule has 3 aromatic rings. The summed E-state index contributed by atoms with van der Waals surface area (Å²) < 4.78 is 5.45. The smallest absolute Gasteiger partial charge is 0.231 e. The molecule has 0 unspecified atom stereocenters. The number of benzene rings is 2. The summed E-state index contributed by atoms with van der Waals surface area (Å²) in [6.07, 6.45) is 5.70. The monoisotopic (exact) mass is 409 g/mol. The Morgan fingerprint density at radius 2 is 1.90 bits per heavy atom. The first-order chi connectivity index (χ1) is 13.7. The van der Waals surface area contributed by atoms with Crippen molar-refractivity contribution in [2.24, 2.45) is 0 Å². The van der Waals surface area contributed by atoms with Crippen molar-refractivity contribution >= 4 is 30.5 Å². The lowest BCUT2D eigenvalue weighted by molar-refractivity contribution is -0.124. The normalized spacial score (nSPS) is 18.9. The van der Waals surface area contributed by atoms with Gasteiger partial charge in [-0.25, -0.2) is 4.98 Å². The lowest BCUT2D eigenvalue weighted by atomic mass is 9.93. The van der Waals surface area contributed by atoms with Crippen molar-refractivity contribution in [3.8, 4) is 0 Å². The van der Waals surface area contributed by atoms with Crippen molar-refractivity contribution in [3.05, 3.63) is 66.1 Å². The van der Waals surface area contributed by atoms with E-state index < -0.39 is 5.41 Å². The lowest BCUT2D eigenvalue weighted by Crippen LogP contribution is -2.41. The number of oxazole rings is 1. The van der Waals surface area contributed by atoms with Gasteiger partial charge in [0.15, 0.2) is 12.0 Å². The third-order valence-electron chi connectivity index (χ3n) is 6.22. The van der Waals surface area contributed by atoms with Crippen LogP contribution >= 0.6 is 13.5 Å². The number of carbonyl (C=O) groups excluding carboxylic acids is 1. The highest BCUT2D eigenvalue weighted by Crippen LogP contribution is 2.49. The van der Waals surface area contributed by atoms with E-state index in [0.29, 0.717) is 0 Å². The van der Waals surface area contributed by atoms with Gasteiger partial charge in [0.05, 0.1) is 11.5 Å². The number of amides is 1. The highest BCUT2D eigenvalue weighted by atomic mass is 32.1. The molecule has 1 aliphatic carbocycles. The second-order valence-corrected chi connectivity index (χ2v) is 8.06. The van der Waals surface area contributed by atoms with Gasteiger partial charge >= 0.3 is 0 Å². The number of nitrogens with one attached hydrogen (secondary N) is 1. The molecule has 1 aliphatic heterocycles. The maximum Gasteiger partial charge on any atom is 0.231 e. The van der Waals surface area contributed by atoms with E-state index in [9.17, 15) is 4.79 Å². The van der Waals surface area contributed by atoms with Gasteiger partial charge in [0.25, 0.3) is 0 Å². The standard InChI is InChI=1S/C23H25N3O2.H2S/c27-22(23(10-11-23)18-8-9-19-21(14-18)28-16-24-19)25-20(15-26-12-4-5-13-26)17-6-2-1-3-7-17;/h1-3,6-9,14,16,20H,4-5,10-13,15H2,(H,25,27);1H2/t20-;/m1./s1. The van der Waals surface area contributed by atoms with Gasteiger partial charge in [-0.05, 0) is 62.0 Å². The maximum atomic E-state index is 13.4. The van der Waals surface area contributed by atoms with E-state index in [0.717, 1.165) is 49.1 Å². The zero-order valence-electron chi connectivity index (χ0n) is 16.4. The van der Waals surface area contributed by atoms with E-state index >= 15 is 0 Å². The summed E-state index contributed by atoms with van der Waals surface area (Å²) in [6, 6.07) is 16.3. The number of carbonyl (C=O) groups is 1. The van der Waals surface area contributed by atoms with E-state index in [-0.39, 0.29) is 25.4 Å². The van der Waals surface area contributed by atoms with Crippen LogP contribution in [-0.2, 0) is 10.2 Å². The zero-order chi connectivity index (χ0) is 19.0. The van der Waals surface area contributed by atoms with Crippen molar-refractivity contribution < 1.29 is 9.21 Å². The average Bonchev–Trinajstić information content (AvgIpc) is 3.14. The Morgan fingerprint density at radius 3 is 2.62 bits per heavy atom. The first-order valence-electron chi connectivity index (χ1n) is 10.2. The minimum atomic E-state index is -0.432. The van der Waals surface area contributed by atoms with Crippen molar-refractivity contribution in [1.82, 2.24) is 15.2 Å². The molecule has 1 aromatic heterocycles. The number of likely N-dealkylation sites (tertiary alicyclic amines) is 1. The molecule has 0 spiro atoms. The predicted octanol–water partition coefficient (Wildman–Crippen LogP) is 3.93. The molecule has 2 aliphatic rings. The molecule has 5 nitrogen and oxygen atoms in total. The molecule has 29 heavy (non-hydrogen) atoms. The summed E-state index contributed by atoms with van der Waals surface area (Å²) in [6.45, 7) is 3.10. The quantitative estimate of drug-likeness (QED) is 0.670. The molecular weight excluding hydrogens is 382 g/mol. The van der Waals surface area contributed by atoms with Crippen molar-refractivity contribution in [2.45, 2.75) is 37.1 Å². The number of aromatic nitrogens is 1. The van der Waals surface area contributed by atoms with Gasteiger partial charge in [0.2, 0.25) is 5.91 Å². The fourth-order valence-corrected chi connectivity index (χ4v) is 4.36. The summed E-state index contributed by atoms with van der Waals surface area (Å²) in [5.74, 6) is 0.124. The van der Waals surface area contributed by atoms with Gasteiger partial charge in [-0.15, -0.1) is 0 Å². The van der Waals surface area contributed by atoms with Crippen molar-refractivity contribution in [3.63, 3.8) is 0 Å². The summed E-state index contributed by atoms with van der Waals surface area (Å²) >= 11 is 0. The third kappa shape index (κ3) is 3.91. The van der Waals surface area contributed by atoms with E-state index in [2.05, 4.69) is 27.3 Å². The van der Waals surface area contributed by atoms with Crippen LogP contribution in [0.25, 0.3) is 11.1 Å². The Labute approximate surface area is 177 Å². The molecule has 2 heterocycles. The predicted molar refractivity (Wildman–Crippen MR) is 118 cm³/mol. The topological polar surface area (TPSA) is 58.4 Å². The zero-order valence-corrected chi connectivity index (χ0v) is 17.4. The number of nitrogens with zero attached hydrogens (tertiary/aromatic N) is 2. The summed E-state index contributed by atoms with van der Waals surface area (Å²) in [4.78, 5) is 20.0. The van der Waals surface area contributed by atoms with Gasteiger partial charge < -0.3 is 14.6 Å². The Hall–Kier alpha value is -2.31. The van der Waals surface area contributed by atoms with Gasteiger partial charge in [-0.2, -0.15) is 13.5 Å². The van der Waals surface area contributed by atoms with Gasteiger partial charge in [-0.1, -0.05) is 36.4 Å². The van der Waals surface area contributed by atoms with Crippen LogP contribution in [0, 0.1) is 0 Å². The van der Waals surface area contributed by atoms with E-state index in [1.54, 1.807) is 0 Å². The van der Waals surface area contributed by atoms with Crippen LogP contribution in [0.15, 0.2) is 59.3 Å². The van der Waals surface area contributed by atoms with Crippen LogP contribution in [0.3, 0.4) is 0 Å². The van der Waals surface area contributed by atoms with Crippen molar-refractivity contribution in [1.29, 1.82) is 0 Å². The maximum absolute atomic E-state index is 13.4. The molecule has 5 rings (SSSR count). The molecule has 2 fully saturated rings. The lowest BCUT2D eigenvalue weighted by Gasteiger charge is -2.27. The molecule has 152 valence electrons. The largest absolute Gasteiger partial charge is 0.443 e. The van der Waals surface area contributed by atoms with Crippen molar-refractivity contribution in [2.75, 3.05) is 19.6 Å². The summed E-state index contributed by atoms with van der Waals surface area (Å²) in [5, 5.41) is 3.38. The minimum absolute atomic E-state index is 0. The fourth-order valence-electron chi connectivity index (χ4n) is 4.36. The Balaban J connectivity index is 0.00000205. The summed E-state index contributed by atoms with van der Waals surface area (Å²) in [5.41, 5.74) is 3.34.